The number of hydrogen-bond acceptors (Lipinski definition) is 3. The Balaban J connectivity index is 1.37. The lowest BCUT2D eigenvalue weighted by Crippen LogP contribution is -2.48. The van der Waals surface area contributed by atoms with E-state index in [9.17, 15) is 4.79 Å². The summed E-state index contributed by atoms with van der Waals surface area (Å²) in [5, 5.41) is 2.50. The molecule has 0 aliphatic carbocycles. The quantitative estimate of drug-likeness (QED) is 0.263. The molecule has 2 aliphatic heterocycles. The van der Waals surface area contributed by atoms with Crippen LogP contribution < -0.4 is 0 Å². The smallest absolute Gasteiger partial charge is 0.254 e. The van der Waals surface area contributed by atoms with E-state index in [1.54, 1.807) is 0 Å². The number of amides is 1. The molecule has 5 heteroatoms. The summed E-state index contributed by atoms with van der Waals surface area (Å²) in [6.45, 7) is 4.94. The molecule has 3 heterocycles. The van der Waals surface area contributed by atoms with Crippen molar-refractivity contribution in [3.05, 3.63) is 119 Å². The third-order valence-electron chi connectivity index (χ3n) is 8.89. The van der Waals surface area contributed by atoms with Crippen LogP contribution in [0.5, 0.6) is 0 Å². The van der Waals surface area contributed by atoms with Gasteiger partial charge in [-0.3, -0.25) is 9.69 Å². The molecule has 2 aliphatic rings. The molecule has 0 bridgehead atoms. The summed E-state index contributed by atoms with van der Waals surface area (Å²) in [4.78, 5) is 18.9. The van der Waals surface area contributed by atoms with Gasteiger partial charge >= 0.3 is 0 Å². The number of hydrogen-bond donors (Lipinski definition) is 0. The van der Waals surface area contributed by atoms with Crippen molar-refractivity contribution in [2.75, 3.05) is 39.4 Å². The molecule has 0 saturated carbocycles. The van der Waals surface area contributed by atoms with Crippen molar-refractivity contribution in [3.8, 4) is 0 Å². The first-order chi connectivity index (χ1) is 19.7. The Kier molecular flexibility index (Phi) is 6.62. The van der Waals surface area contributed by atoms with Gasteiger partial charge in [0, 0.05) is 66.5 Å². The Morgan fingerprint density at radius 2 is 1.52 bits per heavy atom. The van der Waals surface area contributed by atoms with E-state index in [1.807, 2.05) is 18.2 Å². The molecule has 1 aromatic heterocycles. The van der Waals surface area contributed by atoms with E-state index in [2.05, 4.69) is 100 Å². The first-order valence-electron chi connectivity index (χ1n) is 14.4. The van der Waals surface area contributed by atoms with Gasteiger partial charge in [0.25, 0.3) is 5.91 Å². The van der Waals surface area contributed by atoms with Crippen molar-refractivity contribution in [3.63, 3.8) is 0 Å². The number of para-hydroxylation sites is 1. The van der Waals surface area contributed by atoms with Crippen LogP contribution >= 0.6 is 0 Å². The van der Waals surface area contributed by atoms with E-state index in [-0.39, 0.29) is 17.9 Å². The Labute approximate surface area is 235 Å². The lowest BCUT2D eigenvalue weighted by Gasteiger charge is -2.44. The summed E-state index contributed by atoms with van der Waals surface area (Å²) in [7, 11) is 2.14. The predicted octanol–water partition coefficient (Wildman–Crippen LogP) is 6.19. The summed E-state index contributed by atoms with van der Waals surface area (Å²) in [6, 6.07) is 34.2. The van der Waals surface area contributed by atoms with Gasteiger partial charge in [0.1, 0.15) is 0 Å². The highest BCUT2D eigenvalue weighted by molar-refractivity contribution is 6.08. The fourth-order valence-corrected chi connectivity index (χ4v) is 6.86. The Bertz CT molecular complexity index is 1670. The molecule has 0 radical (unpaired) electrons. The molecule has 1 saturated heterocycles. The first kappa shape index (κ1) is 25.1. The van der Waals surface area contributed by atoms with E-state index in [1.165, 1.54) is 32.9 Å². The second-order valence-corrected chi connectivity index (χ2v) is 11.1. The maximum Gasteiger partial charge on any atom is 0.254 e. The SMILES string of the molecule is Cn1c2ccccc2c2cc([C@@H]3[C@@H](CN4CCOCC4)c4ccccc4C(=O)N3CCc3ccccc3)ccc21. The van der Waals surface area contributed by atoms with Gasteiger partial charge in [-0.15, -0.1) is 0 Å². The zero-order chi connectivity index (χ0) is 27.1. The summed E-state index contributed by atoms with van der Waals surface area (Å²) >= 11 is 0. The summed E-state index contributed by atoms with van der Waals surface area (Å²) in [5.41, 5.74) is 6.91. The maximum absolute atomic E-state index is 14.2. The molecule has 0 spiro atoms. The van der Waals surface area contributed by atoms with E-state index >= 15 is 0 Å². The first-order valence-corrected chi connectivity index (χ1v) is 14.4. The minimum atomic E-state index is -0.0580. The number of fused-ring (bicyclic) bond motifs is 4. The molecule has 7 rings (SSSR count). The van der Waals surface area contributed by atoms with Crippen molar-refractivity contribution < 1.29 is 9.53 Å². The summed E-state index contributed by atoms with van der Waals surface area (Å²) in [6.07, 6.45) is 0.825. The third-order valence-corrected chi connectivity index (χ3v) is 8.89. The number of nitrogens with zero attached hydrogens (tertiary/aromatic N) is 3. The lowest BCUT2D eigenvalue weighted by atomic mass is 9.79. The number of morpholine rings is 1. The predicted molar refractivity (Wildman–Crippen MR) is 161 cm³/mol. The molecule has 202 valence electrons. The highest BCUT2D eigenvalue weighted by Crippen LogP contribution is 2.44. The van der Waals surface area contributed by atoms with Gasteiger partial charge in [0.05, 0.1) is 19.3 Å². The van der Waals surface area contributed by atoms with E-state index in [0.29, 0.717) is 6.54 Å². The highest BCUT2D eigenvalue weighted by Gasteiger charge is 2.41. The highest BCUT2D eigenvalue weighted by atomic mass is 16.5. The molecule has 1 amide bonds. The van der Waals surface area contributed by atoms with Gasteiger partial charge in [0.2, 0.25) is 0 Å². The van der Waals surface area contributed by atoms with Crippen LogP contribution in [0.2, 0.25) is 0 Å². The van der Waals surface area contributed by atoms with Crippen molar-refractivity contribution >= 4 is 27.7 Å². The van der Waals surface area contributed by atoms with Crippen molar-refractivity contribution in [2.45, 2.75) is 18.4 Å². The van der Waals surface area contributed by atoms with Gasteiger partial charge in [-0.05, 0) is 47.4 Å². The number of ether oxygens (including phenoxy) is 1. The number of carbonyl (C=O) groups is 1. The number of aryl methyl sites for hydroxylation is 1. The second kappa shape index (κ2) is 10.6. The minimum Gasteiger partial charge on any atom is -0.379 e. The van der Waals surface area contributed by atoms with Gasteiger partial charge in [-0.25, -0.2) is 0 Å². The average molecular weight is 530 g/mol. The topological polar surface area (TPSA) is 37.7 Å². The van der Waals surface area contributed by atoms with Crippen LogP contribution in [-0.4, -0.2) is 59.7 Å². The van der Waals surface area contributed by atoms with Crippen LogP contribution in [0.3, 0.4) is 0 Å². The van der Waals surface area contributed by atoms with Crippen LogP contribution in [0.1, 0.15) is 39.0 Å². The maximum atomic E-state index is 14.2. The molecule has 0 unspecified atom stereocenters. The van der Waals surface area contributed by atoms with Gasteiger partial charge < -0.3 is 14.2 Å². The number of aromatic nitrogens is 1. The lowest BCUT2D eigenvalue weighted by molar-refractivity contribution is 0.0253. The van der Waals surface area contributed by atoms with E-state index < -0.39 is 0 Å². The van der Waals surface area contributed by atoms with Crippen LogP contribution in [0.4, 0.5) is 0 Å². The molecule has 5 aromatic rings. The van der Waals surface area contributed by atoms with Gasteiger partial charge in [-0.2, -0.15) is 0 Å². The number of rotatable bonds is 6. The number of carbonyl (C=O) groups excluding carboxylic acids is 1. The zero-order valence-corrected chi connectivity index (χ0v) is 23.0. The van der Waals surface area contributed by atoms with Crippen LogP contribution in [-0.2, 0) is 18.2 Å². The summed E-state index contributed by atoms with van der Waals surface area (Å²) in [5.74, 6) is 0.294. The third kappa shape index (κ3) is 4.40. The molecule has 40 heavy (non-hydrogen) atoms. The average Bonchev–Trinajstić information content (AvgIpc) is 3.30. The van der Waals surface area contributed by atoms with Crippen LogP contribution in [0.25, 0.3) is 21.8 Å². The van der Waals surface area contributed by atoms with E-state index in [0.717, 1.165) is 50.4 Å². The van der Waals surface area contributed by atoms with Gasteiger partial charge in [-0.1, -0.05) is 72.8 Å². The fourth-order valence-electron chi connectivity index (χ4n) is 6.86. The van der Waals surface area contributed by atoms with Crippen LogP contribution in [0, 0.1) is 0 Å². The molecule has 5 nitrogen and oxygen atoms in total. The van der Waals surface area contributed by atoms with Crippen molar-refractivity contribution in [1.82, 2.24) is 14.4 Å². The standard InChI is InChI=1S/C35H35N3O2/c1-36-32-14-8-7-12-28(32)30-23-26(15-16-33(30)36)34-31(24-37-19-21-40-22-20-37)27-11-5-6-13-29(27)35(39)38(34)18-17-25-9-3-2-4-10-25/h2-16,23,31,34H,17-22,24H2,1H3/t31-,34+/m0/s1. The molecule has 4 aromatic carbocycles. The molecular formula is C35H35N3O2. The van der Waals surface area contributed by atoms with E-state index in [4.69, 9.17) is 4.74 Å². The normalized spacial score (nSPS) is 19.8. The minimum absolute atomic E-state index is 0.0580. The molecule has 0 N–H and O–H groups in total. The van der Waals surface area contributed by atoms with Crippen LogP contribution in [0.15, 0.2) is 97.1 Å². The molecule has 2 atom stereocenters. The Morgan fingerprint density at radius 3 is 2.38 bits per heavy atom. The van der Waals surface area contributed by atoms with Gasteiger partial charge in [0.15, 0.2) is 0 Å². The Hall–Kier alpha value is -3.93. The zero-order valence-electron chi connectivity index (χ0n) is 23.0. The monoisotopic (exact) mass is 529 g/mol. The Morgan fingerprint density at radius 1 is 0.800 bits per heavy atom. The molecule has 1 fully saturated rings. The number of benzene rings is 4. The summed E-state index contributed by atoms with van der Waals surface area (Å²) < 4.78 is 7.95. The van der Waals surface area contributed by atoms with Crippen molar-refractivity contribution in [1.29, 1.82) is 0 Å². The largest absolute Gasteiger partial charge is 0.379 e. The fraction of sp³-hybridized carbons (Fsp3) is 0.286. The van der Waals surface area contributed by atoms with Crippen molar-refractivity contribution in [2.24, 2.45) is 7.05 Å². The second-order valence-electron chi connectivity index (χ2n) is 11.1. The molecular weight excluding hydrogens is 494 g/mol.